The van der Waals surface area contributed by atoms with E-state index >= 15 is 0 Å². The van der Waals surface area contributed by atoms with Gasteiger partial charge in [-0.15, -0.1) is 0 Å². The number of carbonyl (C=O) groups excluding carboxylic acids is 1. The highest BCUT2D eigenvalue weighted by Gasteiger charge is 2.21. The molecule has 1 aromatic rings. The summed E-state index contributed by atoms with van der Waals surface area (Å²) >= 11 is 2.10. The standard InChI is InChI=1S/C13H17IN2O3/c1-8(2)7-11(12(17)18)16-13(19)15-10-6-4-3-5-9(10)14/h3-6,8,11H,7H2,1-2H3,(H,17,18)(H2,15,16,19). The highest BCUT2D eigenvalue weighted by Crippen LogP contribution is 2.16. The Balaban J connectivity index is 2.63. The van der Waals surface area contributed by atoms with E-state index in [0.29, 0.717) is 12.1 Å². The monoisotopic (exact) mass is 376 g/mol. The molecule has 0 aromatic heterocycles. The van der Waals surface area contributed by atoms with Crippen molar-refractivity contribution in [1.29, 1.82) is 0 Å². The Morgan fingerprint density at radius 1 is 1.32 bits per heavy atom. The van der Waals surface area contributed by atoms with Gasteiger partial charge in [0.2, 0.25) is 0 Å². The molecule has 1 atom stereocenters. The molecular weight excluding hydrogens is 359 g/mol. The van der Waals surface area contributed by atoms with E-state index in [-0.39, 0.29) is 5.92 Å². The first-order valence-electron chi connectivity index (χ1n) is 5.95. The van der Waals surface area contributed by atoms with Crippen LogP contribution in [0.15, 0.2) is 24.3 Å². The Morgan fingerprint density at radius 2 is 1.95 bits per heavy atom. The summed E-state index contributed by atoms with van der Waals surface area (Å²) in [6.07, 6.45) is 0.397. The third-order valence-electron chi connectivity index (χ3n) is 2.43. The Morgan fingerprint density at radius 3 is 2.47 bits per heavy atom. The van der Waals surface area contributed by atoms with E-state index in [1.807, 2.05) is 26.0 Å². The molecule has 1 unspecified atom stereocenters. The number of amides is 2. The van der Waals surface area contributed by atoms with Crippen molar-refractivity contribution in [2.75, 3.05) is 5.32 Å². The fourth-order valence-electron chi connectivity index (χ4n) is 1.57. The van der Waals surface area contributed by atoms with Crippen LogP contribution in [0, 0.1) is 9.49 Å². The predicted octanol–water partition coefficient (Wildman–Crippen LogP) is 2.91. The van der Waals surface area contributed by atoms with Crippen molar-refractivity contribution in [3.8, 4) is 0 Å². The number of carbonyl (C=O) groups is 2. The molecule has 0 spiro atoms. The van der Waals surface area contributed by atoms with E-state index in [9.17, 15) is 9.59 Å². The fourth-order valence-corrected chi connectivity index (χ4v) is 2.09. The normalized spacial score (nSPS) is 12.0. The van der Waals surface area contributed by atoms with E-state index in [1.54, 1.807) is 12.1 Å². The molecule has 3 N–H and O–H groups in total. The molecule has 1 aromatic carbocycles. The summed E-state index contributed by atoms with van der Waals surface area (Å²) in [7, 11) is 0. The zero-order chi connectivity index (χ0) is 14.4. The van der Waals surface area contributed by atoms with Crippen LogP contribution in [0.25, 0.3) is 0 Å². The Hall–Kier alpha value is -1.31. The first-order chi connectivity index (χ1) is 8.90. The summed E-state index contributed by atoms with van der Waals surface area (Å²) in [5, 5.41) is 14.2. The molecular formula is C13H17IN2O3. The lowest BCUT2D eigenvalue weighted by atomic mass is 10.0. The Bertz CT molecular complexity index is 463. The van der Waals surface area contributed by atoms with Crippen molar-refractivity contribution in [1.82, 2.24) is 5.32 Å². The second-order valence-corrected chi connectivity index (χ2v) is 5.76. The molecule has 1 rings (SSSR count). The Kier molecular flexibility index (Phi) is 6.07. The van der Waals surface area contributed by atoms with Crippen LogP contribution in [-0.2, 0) is 4.79 Å². The van der Waals surface area contributed by atoms with Crippen molar-refractivity contribution < 1.29 is 14.7 Å². The molecule has 104 valence electrons. The zero-order valence-electron chi connectivity index (χ0n) is 10.8. The van der Waals surface area contributed by atoms with Crippen LogP contribution in [0.1, 0.15) is 20.3 Å². The average Bonchev–Trinajstić information content (AvgIpc) is 2.30. The van der Waals surface area contributed by atoms with E-state index < -0.39 is 18.0 Å². The van der Waals surface area contributed by atoms with Crippen LogP contribution in [-0.4, -0.2) is 23.1 Å². The first kappa shape index (κ1) is 15.7. The molecule has 0 aliphatic heterocycles. The molecule has 19 heavy (non-hydrogen) atoms. The van der Waals surface area contributed by atoms with Gasteiger partial charge in [0.1, 0.15) is 6.04 Å². The number of halogens is 1. The van der Waals surface area contributed by atoms with Gasteiger partial charge < -0.3 is 15.7 Å². The summed E-state index contributed by atoms with van der Waals surface area (Å²) in [5.41, 5.74) is 0.661. The number of carboxylic acids is 1. The van der Waals surface area contributed by atoms with Crippen LogP contribution in [0.5, 0.6) is 0 Å². The van der Waals surface area contributed by atoms with Gasteiger partial charge in [-0.1, -0.05) is 26.0 Å². The quantitative estimate of drug-likeness (QED) is 0.692. The van der Waals surface area contributed by atoms with E-state index in [4.69, 9.17) is 5.11 Å². The lowest BCUT2D eigenvalue weighted by Gasteiger charge is -2.17. The van der Waals surface area contributed by atoms with Gasteiger partial charge in [0.25, 0.3) is 0 Å². The lowest BCUT2D eigenvalue weighted by molar-refractivity contribution is -0.139. The summed E-state index contributed by atoms with van der Waals surface area (Å²) in [4.78, 5) is 22.8. The lowest BCUT2D eigenvalue weighted by Crippen LogP contribution is -2.43. The minimum Gasteiger partial charge on any atom is -0.480 e. The number of para-hydroxylation sites is 1. The van der Waals surface area contributed by atoms with Crippen molar-refractivity contribution >= 4 is 40.3 Å². The second-order valence-electron chi connectivity index (χ2n) is 4.60. The van der Waals surface area contributed by atoms with Crippen LogP contribution in [0.4, 0.5) is 10.5 Å². The van der Waals surface area contributed by atoms with Crippen molar-refractivity contribution in [3.63, 3.8) is 0 Å². The van der Waals surface area contributed by atoms with Crippen LogP contribution >= 0.6 is 22.6 Å². The van der Waals surface area contributed by atoms with Gasteiger partial charge in [-0.2, -0.15) is 0 Å². The minimum absolute atomic E-state index is 0.193. The highest BCUT2D eigenvalue weighted by atomic mass is 127. The number of hydrogen-bond acceptors (Lipinski definition) is 2. The Labute approximate surface area is 125 Å². The maximum absolute atomic E-state index is 11.8. The number of anilines is 1. The van der Waals surface area contributed by atoms with Gasteiger partial charge in [0.05, 0.1) is 5.69 Å². The highest BCUT2D eigenvalue weighted by molar-refractivity contribution is 14.1. The number of nitrogens with one attached hydrogen (secondary N) is 2. The van der Waals surface area contributed by atoms with Gasteiger partial charge in [0.15, 0.2) is 0 Å². The molecule has 0 heterocycles. The molecule has 0 aliphatic carbocycles. The molecule has 0 radical (unpaired) electrons. The number of urea groups is 1. The summed E-state index contributed by atoms with van der Waals surface area (Å²) in [6.45, 7) is 3.82. The molecule has 0 saturated heterocycles. The number of hydrogen-bond donors (Lipinski definition) is 3. The van der Waals surface area contributed by atoms with E-state index in [1.165, 1.54) is 0 Å². The summed E-state index contributed by atoms with van der Waals surface area (Å²) in [6, 6.07) is 5.92. The van der Waals surface area contributed by atoms with E-state index in [0.717, 1.165) is 3.57 Å². The topological polar surface area (TPSA) is 78.4 Å². The summed E-state index contributed by atoms with van der Waals surface area (Å²) < 4.78 is 0.894. The maximum atomic E-state index is 11.8. The van der Waals surface area contributed by atoms with Crippen LogP contribution in [0.2, 0.25) is 0 Å². The van der Waals surface area contributed by atoms with Gasteiger partial charge in [-0.05, 0) is 47.1 Å². The largest absolute Gasteiger partial charge is 0.480 e. The molecule has 2 amide bonds. The number of carboxylic acid groups (broad SMARTS) is 1. The average molecular weight is 376 g/mol. The van der Waals surface area contributed by atoms with Gasteiger partial charge >= 0.3 is 12.0 Å². The minimum atomic E-state index is -1.02. The summed E-state index contributed by atoms with van der Waals surface area (Å²) in [5.74, 6) is -0.829. The van der Waals surface area contributed by atoms with Crippen LogP contribution in [0.3, 0.4) is 0 Å². The van der Waals surface area contributed by atoms with Crippen molar-refractivity contribution in [2.45, 2.75) is 26.3 Å². The van der Waals surface area contributed by atoms with Crippen molar-refractivity contribution in [3.05, 3.63) is 27.8 Å². The predicted molar refractivity (Wildman–Crippen MR) is 82.2 cm³/mol. The molecule has 0 fully saturated rings. The molecule has 0 aliphatic rings. The molecule has 0 bridgehead atoms. The maximum Gasteiger partial charge on any atom is 0.326 e. The number of rotatable bonds is 5. The third-order valence-corrected chi connectivity index (χ3v) is 3.37. The second kappa shape index (κ2) is 7.32. The van der Waals surface area contributed by atoms with E-state index in [2.05, 4.69) is 33.2 Å². The number of aliphatic carboxylic acids is 1. The molecule has 6 heteroatoms. The number of benzene rings is 1. The fraction of sp³-hybridized carbons (Fsp3) is 0.385. The molecule has 5 nitrogen and oxygen atoms in total. The van der Waals surface area contributed by atoms with Gasteiger partial charge in [-0.25, -0.2) is 9.59 Å². The van der Waals surface area contributed by atoms with Crippen LogP contribution < -0.4 is 10.6 Å². The SMILES string of the molecule is CC(C)CC(NC(=O)Nc1ccccc1I)C(=O)O. The van der Waals surface area contributed by atoms with Crippen molar-refractivity contribution in [2.24, 2.45) is 5.92 Å². The molecule has 0 saturated carbocycles. The zero-order valence-corrected chi connectivity index (χ0v) is 13.0. The van der Waals surface area contributed by atoms with Gasteiger partial charge in [-0.3, -0.25) is 0 Å². The first-order valence-corrected chi connectivity index (χ1v) is 7.03. The smallest absolute Gasteiger partial charge is 0.326 e. The third kappa shape index (κ3) is 5.46. The van der Waals surface area contributed by atoms with Gasteiger partial charge in [0, 0.05) is 3.57 Å².